The maximum absolute atomic E-state index is 6.44. The molecule has 0 N–H and O–H groups in total. The van der Waals surface area contributed by atoms with Crippen LogP contribution in [0.1, 0.15) is 24.8 Å². The van der Waals surface area contributed by atoms with Gasteiger partial charge in [0.2, 0.25) is 0 Å². The normalized spacial score (nSPS) is 29.4. The molecule has 19 heavy (non-hydrogen) atoms. The molecule has 1 aliphatic carbocycles. The summed E-state index contributed by atoms with van der Waals surface area (Å²) in [6.07, 6.45) is 4.87. The summed E-state index contributed by atoms with van der Waals surface area (Å²) < 4.78 is 11.9. The van der Waals surface area contributed by atoms with Gasteiger partial charge in [0.15, 0.2) is 0 Å². The fraction of sp³-hybridized carbons (Fsp3) is 0.625. The predicted octanol–water partition coefficient (Wildman–Crippen LogP) is 2.25. The van der Waals surface area contributed by atoms with Crippen LogP contribution in [0.4, 0.5) is 0 Å². The third-order valence-corrected chi connectivity index (χ3v) is 4.99. The molecule has 3 aliphatic rings. The molecule has 1 aromatic rings. The van der Waals surface area contributed by atoms with E-state index < -0.39 is 0 Å². The Balaban J connectivity index is 1.65. The highest BCUT2D eigenvalue weighted by atomic mass is 16.5. The summed E-state index contributed by atoms with van der Waals surface area (Å²) in [7, 11) is 0. The summed E-state index contributed by atoms with van der Waals surface area (Å²) in [6.45, 7) is 3.85. The predicted molar refractivity (Wildman–Crippen MR) is 73.5 cm³/mol. The molecule has 3 heteroatoms. The van der Waals surface area contributed by atoms with Gasteiger partial charge in [0, 0.05) is 13.1 Å². The van der Waals surface area contributed by atoms with Gasteiger partial charge in [-0.25, -0.2) is 0 Å². The smallest absolute Gasteiger partial charge is 0.125 e. The first kappa shape index (κ1) is 11.7. The Morgan fingerprint density at radius 1 is 1.11 bits per heavy atom. The monoisotopic (exact) mass is 259 g/mol. The molecule has 1 spiro atoms. The minimum Gasteiger partial charge on any atom is -0.485 e. The van der Waals surface area contributed by atoms with Crippen LogP contribution in [0.5, 0.6) is 5.75 Å². The minimum atomic E-state index is 0.0890. The summed E-state index contributed by atoms with van der Waals surface area (Å²) in [6, 6.07) is 9.09. The van der Waals surface area contributed by atoms with Crippen LogP contribution < -0.4 is 4.74 Å². The second-order valence-electron chi connectivity index (χ2n) is 6.00. The highest BCUT2D eigenvalue weighted by Crippen LogP contribution is 2.46. The van der Waals surface area contributed by atoms with Crippen molar-refractivity contribution in [3.8, 4) is 5.75 Å². The van der Waals surface area contributed by atoms with Crippen LogP contribution in [-0.2, 0) is 11.2 Å². The maximum Gasteiger partial charge on any atom is 0.125 e. The van der Waals surface area contributed by atoms with Gasteiger partial charge in [-0.2, -0.15) is 0 Å². The zero-order valence-corrected chi connectivity index (χ0v) is 11.3. The molecule has 1 saturated heterocycles. The Morgan fingerprint density at radius 3 is 2.63 bits per heavy atom. The number of fused-ring (bicyclic) bond motifs is 1. The molecule has 2 fully saturated rings. The van der Waals surface area contributed by atoms with Gasteiger partial charge in [0.05, 0.1) is 19.3 Å². The average molecular weight is 259 g/mol. The van der Waals surface area contributed by atoms with E-state index in [2.05, 4.69) is 29.2 Å². The van der Waals surface area contributed by atoms with Crippen molar-refractivity contribution in [1.29, 1.82) is 0 Å². The second-order valence-corrected chi connectivity index (χ2v) is 6.00. The van der Waals surface area contributed by atoms with Gasteiger partial charge in [-0.1, -0.05) is 18.2 Å². The van der Waals surface area contributed by atoms with Crippen molar-refractivity contribution in [3.05, 3.63) is 29.8 Å². The standard InChI is InChI=1S/C16H21NO2/c1-2-5-14-13(4-1)12-15(16(19-14)6-3-7-16)17-8-10-18-11-9-17/h1-2,4-5,15H,3,6-12H2. The lowest BCUT2D eigenvalue weighted by Gasteiger charge is -2.54. The van der Waals surface area contributed by atoms with E-state index in [1.54, 1.807) is 0 Å². The zero-order chi connectivity index (χ0) is 12.7. The summed E-state index contributed by atoms with van der Waals surface area (Å²) in [5.41, 5.74) is 1.46. The summed E-state index contributed by atoms with van der Waals surface area (Å²) in [5.74, 6) is 1.12. The molecular formula is C16H21NO2. The molecule has 0 radical (unpaired) electrons. The van der Waals surface area contributed by atoms with E-state index in [4.69, 9.17) is 9.47 Å². The van der Waals surface area contributed by atoms with E-state index in [1.807, 2.05) is 0 Å². The third kappa shape index (κ3) is 1.87. The Bertz CT molecular complexity index is 464. The molecule has 3 nitrogen and oxygen atoms in total. The largest absolute Gasteiger partial charge is 0.485 e. The molecule has 1 aromatic carbocycles. The molecule has 1 saturated carbocycles. The van der Waals surface area contributed by atoms with Gasteiger partial charge in [0.1, 0.15) is 11.4 Å². The van der Waals surface area contributed by atoms with Gasteiger partial charge in [-0.05, 0) is 37.3 Å². The number of ether oxygens (including phenoxy) is 2. The number of benzene rings is 1. The first-order valence-corrected chi connectivity index (χ1v) is 7.46. The molecular weight excluding hydrogens is 238 g/mol. The van der Waals surface area contributed by atoms with E-state index >= 15 is 0 Å². The number of morpholine rings is 1. The van der Waals surface area contributed by atoms with Crippen molar-refractivity contribution >= 4 is 0 Å². The van der Waals surface area contributed by atoms with Crippen LogP contribution >= 0.6 is 0 Å². The van der Waals surface area contributed by atoms with Crippen molar-refractivity contribution in [1.82, 2.24) is 4.90 Å². The molecule has 0 bridgehead atoms. The number of hydrogen-bond acceptors (Lipinski definition) is 3. The highest BCUT2D eigenvalue weighted by Gasteiger charge is 2.51. The third-order valence-electron chi connectivity index (χ3n) is 4.99. The molecule has 102 valence electrons. The van der Waals surface area contributed by atoms with Crippen molar-refractivity contribution in [3.63, 3.8) is 0 Å². The molecule has 1 unspecified atom stereocenters. The van der Waals surface area contributed by atoms with Crippen molar-refractivity contribution in [2.75, 3.05) is 26.3 Å². The lowest BCUT2D eigenvalue weighted by atomic mass is 9.70. The Morgan fingerprint density at radius 2 is 1.89 bits per heavy atom. The number of nitrogens with zero attached hydrogens (tertiary/aromatic N) is 1. The second kappa shape index (κ2) is 4.50. The van der Waals surface area contributed by atoms with E-state index in [0.717, 1.165) is 38.5 Å². The highest BCUT2D eigenvalue weighted by molar-refractivity contribution is 5.38. The first-order valence-electron chi connectivity index (χ1n) is 7.46. The van der Waals surface area contributed by atoms with Crippen LogP contribution in [0.15, 0.2) is 24.3 Å². The molecule has 2 aliphatic heterocycles. The first-order chi connectivity index (χ1) is 9.37. The minimum absolute atomic E-state index is 0.0890. The Kier molecular flexibility index (Phi) is 2.78. The van der Waals surface area contributed by atoms with Crippen LogP contribution in [0, 0.1) is 0 Å². The van der Waals surface area contributed by atoms with Gasteiger partial charge in [-0.3, -0.25) is 4.90 Å². The summed E-state index contributed by atoms with van der Waals surface area (Å²) >= 11 is 0. The number of hydrogen-bond donors (Lipinski definition) is 0. The van der Waals surface area contributed by atoms with Gasteiger partial charge < -0.3 is 9.47 Å². The summed E-state index contributed by atoms with van der Waals surface area (Å²) in [4.78, 5) is 2.60. The van der Waals surface area contributed by atoms with E-state index in [9.17, 15) is 0 Å². The van der Waals surface area contributed by atoms with Crippen LogP contribution in [0.2, 0.25) is 0 Å². The maximum atomic E-state index is 6.44. The SMILES string of the molecule is c1ccc2c(c1)CC(N1CCOCC1)C1(CCC1)O2. The van der Waals surface area contributed by atoms with Crippen LogP contribution in [-0.4, -0.2) is 42.8 Å². The average Bonchev–Trinajstić information content (AvgIpc) is 2.45. The van der Waals surface area contributed by atoms with Crippen molar-refractivity contribution in [2.45, 2.75) is 37.3 Å². The van der Waals surface area contributed by atoms with Gasteiger partial charge in [-0.15, -0.1) is 0 Å². The van der Waals surface area contributed by atoms with Gasteiger partial charge in [0.25, 0.3) is 0 Å². The lowest BCUT2D eigenvalue weighted by molar-refractivity contribution is -0.111. The molecule has 2 heterocycles. The van der Waals surface area contributed by atoms with Crippen molar-refractivity contribution < 1.29 is 9.47 Å². The quantitative estimate of drug-likeness (QED) is 0.772. The molecule has 0 amide bonds. The topological polar surface area (TPSA) is 21.7 Å². The number of para-hydroxylation sites is 1. The van der Waals surface area contributed by atoms with Crippen LogP contribution in [0.25, 0.3) is 0 Å². The Labute approximate surface area is 114 Å². The zero-order valence-electron chi connectivity index (χ0n) is 11.3. The lowest BCUT2D eigenvalue weighted by Crippen LogP contribution is -2.64. The Hall–Kier alpha value is -1.06. The van der Waals surface area contributed by atoms with Crippen molar-refractivity contribution in [2.24, 2.45) is 0 Å². The summed E-state index contributed by atoms with van der Waals surface area (Å²) in [5, 5.41) is 0. The number of rotatable bonds is 1. The van der Waals surface area contributed by atoms with E-state index in [0.29, 0.717) is 6.04 Å². The molecule has 0 aromatic heterocycles. The van der Waals surface area contributed by atoms with Gasteiger partial charge >= 0.3 is 0 Å². The molecule has 4 rings (SSSR count). The van der Waals surface area contributed by atoms with E-state index in [-0.39, 0.29) is 5.60 Å². The fourth-order valence-electron chi connectivity index (χ4n) is 3.76. The van der Waals surface area contributed by atoms with E-state index in [1.165, 1.54) is 24.8 Å². The fourth-order valence-corrected chi connectivity index (χ4v) is 3.76. The van der Waals surface area contributed by atoms with Crippen LogP contribution in [0.3, 0.4) is 0 Å². The molecule has 1 atom stereocenters.